The molecule has 0 fully saturated rings. The molecule has 5 aliphatic heterocycles. The van der Waals surface area contributed by atoms with E-state index in [1.807, 2.05) is 0 Å². The van der Waals surface area contributed by atoms with Crippen molar-refractivity contribution in [3.05, 3.63) is 74.3 Å². The molecule has 248 valence electrons. The van der Waals surface area contributed by atoms with Crippen LogP contribution in [0.1, 0.15) is 78.3 Å². The molecular formula is C36H42N4O5S2. The van der Waals surface area contributed by atoms with E-state index in [4.69, 9.17) is 10.5 Å². The van der Waals surface area contributed by atoms with Gasteiger partial charge in [0.2, 0.25) is 5.36 Å². The molecule has 8 rings (SSSR count). The maximum Gasteiger partial charge on any atom is 0.210 e. The minimum absolute atomic E-state index is 0.266. The maximum absolute atomic E-state index is 13.2. The molecule has 11 heteroatoms. The second-order valence-corrected chi connectivity index (χ2v) is 16.1. The highest BCUT2D eigenvalue weighted by Crippen LogP contribution is 2.49. The number of nitrogens with one attached hydrogen (secondary N) is 1. The molecular weight excluding hydrogens is 633 g/mol. The Bertz CT molecular complexity index is 2050. The molecule has 0 radical (unpaired) electrons. The molecule has 5 aliphatic rings. The third-order valence-corrected chi connectivity index (χ3v) is 12.5. The van der Waals surface area contributed by atoms with Crippen LogP contribution in [0.2, 0.25) is 0 Å². The molecule has 3 N–H and O–H groups in total. The van der Waals surface area contributed by atoms with Gasteiger partial charge in [-0.3, -0.25) is 0 Å². The number of rotatable bonds is 9. The van der Waals surface area contributed by atoms with Crippen LogP contribution in [0.25, 0.3) is 5.57 Å². The Labute approximate surface area is 278 Å². The Kier molecular flexibility index (Phi) is 8.24. The summed E-state index contributed by atoms with van der Waals surface area (Å²) in [6.07, 6.45) is 10.4. The van der Waals surface area contributed by atoms with Crippen molar-refractivity contribution in [3.63, 3.8) is 0 Å². The molecule has 0 bridgehead atoms. The first-order valence-corrected chi connectivity index (χ1v) is 19.8. The molecule has 0 amide bonds. The summed E-state index contributed by atoms with van der Waals surface area (Å²) in [7, 11) is -6.62. The number of benzene rings is 3. The molecule has 0 saturated carbocycles. The summed E-state index contributed by atoms with van der Waals surface area (Å²) in [6, 6.07) is 9.09. The van der Waals surface area contributed by atoms with E-state index in [2.05, 4.69) is 26.3 Å². The predicted molar refractivity (Wildman–Crippen MR) is 182 cm³/mol. The van der Waals surface area contributed by atoms with Gasteiger partial charge in [0.1, 0.15) is 45.7 Å². The van der Waals surface area contributed by atoms with Crippen LogP contribution in [0.5, 0.6) is 11.5 Å². The van der Waals surface area contributed by atoms with Gasteiger partial charge in [-0.2, -0.15) is 0 Å². The summed E-state index contributed by atoms with van der Waals surface area (Å²) in [4.78, 5) is 2.40. The van der Waals surface area contributed by atoms with Crippen molar-refractivity contribution in [1.29, 1.82) is 0 Å². The lowest BCUT2D eigenvalue weighted by Crippen LogP contribution is -2.45. The second-order valence-electron chi connectivity index (χ2n) is 13.5. The zero-order valence-corrected chi connectivity index (χ0v) is 28.4. The van der Waals surface area contributed by atoms with Gasteiger partial charge < -0.3 is 19.9 Å². The summed E-state index contributed by atoms with van der Waals surface area (Å²) >= 11 is 0. The second kappa shape index (κ2) is 12.4. The zero-order valence-electron chi connectivity index (χ0n) is 26.7. The van der Waals surface area contributed by atoms with Gasteiger partial charge in [0.15, 0.2) is 0 Å². The van der Waals surface area contributed by atoms with Crippen molar-refractivity contribution in [2.45, 2.75) is 80.4 Å². The molecule has 47 heavy (non-hydrogen) atoms. The van der Waals surface area contributed by atoms with E-state index in [9.17, 15) is 17.2 Å². The van der Waals surface area contributed by atoms with Crippen molar-refractivity contribution < 1.29 is 21.9 Å². The number of ether oxygens (including phenoxy) is 1. The van der Waals surface area contributed by atoms with Crippen molar-refractivity contribution in [2.24, 2.45) is 5.73 Å². The first-order chi connectivity index (χ1) is 22.8. The summed E-state index contributed by atoms with van der Waals surface area (Å²) in [5.41, 5.74) is 13.7. The fourth-order valence-corrected chi connectivity index (χ4v) is 10.2. The maximum atomic E-state index is 13.2. The van der Waals surface area contributed by atoms with Gasteiger partial charge in [0.05, 0.1) is 15.4 Å². The van der Waals surface area contributed by atoms with E-state index in [0.29, 0.717) is 18.7 Å². The molecule has 0 spiro atoms. The van der Waals surface area contributed by atoms with E-state index in [1.54, 1.807) is 12.1 Å². The van der Waals surface area contributed by atoms with Gasteiger partial charge in [-0.05, 0) is 87.7 Å². The van der Waals surface area contributed by atoms with Gasteiger partial charge in [-0.15, -0.1) is 0 Å². The fourth-order valence-electron chi connectivity index (χ4n) is 8.53. The molecule has 1 atom stereocenters. The van der Waals surface area contributed by atoms with Crippen LogP contribution in [0.3, 0.4) is 0 Å². The van der Waals surface area contributed by atoms with E-state index in [0.717, 1.165) is 125 Å². The summed E-state index contributed by atoms with van der Waals surface area (Å²) in [5, 5.41) is 2.12. The van der Waals surface area contributed by atoms with Crippen molar-refractivity contribution in [3.8, 4) is 11.5 Å². The number of fused-ring (bicyclic) bond motifs is 4. The van der Waals surface area contributed by atoms with Crippen LogP contribution in [0.4, 0.5) is 5.69 Å². The highest BCUT2D eigenvalue weighted by Gasteiger charge is 2.36. The van der Waals surface area contributed by atoms with Crippen molar-refractivity contribution in [1.82, 2.24) is 9.30 Å². The number of nitrogens with zero attached hydrogens (tertiary/aromatic N) is 2. The summed E-state index contributed by atoms with van der Waals surface area (Å²) < 4.78 is 65.1. The van der Waals surface area contributed by atoms with E-state index >= 15 is 0 Å². The number of nitrogens with two attached hydrogens (primary N) is 1. The van der Waals surface area contributed by atoms with Gasteiger partial charge >= 0.3 is 0 Å². The Balaban J connectivity index is 1.38. The van der Waals surface area contributed by atoms with Gasteiger partial charge in [-0.1, -0.05) is 12.5 Å². The minimum Gasteiger partial charge on any atom is -0.744 e. The summed E-state index contributed by atoms with van der Waals surface area (Å²) in [6.45, 7) is 5.21. The lowest BCUT2D eigenvalue weighted by molar-refractivity contribution is 0.431. The van der Waals surface area contributed by atoms with Gasteiger partial charge in [0, 0.05) is 71.2 Å². The zero-order chi connectivity index (χ0) is 32.3. The molecule has 5 heterocycles. The number of anilines is 1. The third-order valence-electron chi connectivity index (χ3n) is 10.5. The van der Waals surface area contributed by atoms with E-state index < -0.39 is 21.1 Å². The van der Waals surface area contributed by atoms with E-state index in [1.165, 1.54) is 39.4 Å². The van der Waals surface area contributed by atoms with Crippen LogP contribution in [-0.2, 0) is 46.8 Å². The highest BCUT2D eigenvalue weighted by molar-refractivity contribution is 7.86. The standard InChI is InChI=1S/C36H42N4O5S2/c37-14-2-1-3-15-38-46(41)25-12-13-26(31(22-25)47(42,43)44)32-29-20-23-8-4-16-39-18-6-10-27(33(23)39)35(29)45-36-28-11-7-19-40-17-5-9-24(34(28)40)21-30(32)36/h12-13,20-22,38H,1-11,14-19,37H2. The first-order valence-electron chi connectivity index (χ1n) is 17.2. The smallest absolute Gasteiger partial charge is 0.210 e. The lowest BCUT2D eigenvalue weighted by atomic mass is 9.82. The van der Waals surface area contributed by atoms with Crippen molar-refractivity contribution in [2.75, 3.05) is 44.2 Å². The van der Waals surface area contributed by atoms with Crippen LogP contribution in [0.15, 0.2) is 40.1 Å². The Morgan fingerprint density at radius 3 is 2.47 bits per heavy atom. The lowest BCUT2D eigenvalue weighted by Gasteiger charge is -2.39. The topological polar surface area (TPSA) is 128 Å². The largest absolute Gasteiger partial charge is 0.744 e. The Hall–Kier alpha value is -3.09. The van der Waals surface area contributed by atoms with Gasteiger partial charge in [0.25, 0.3) is 0 Å². The normalized spacial score (nSPS) is 18.6. The molecule has 1 unspecified atom stereocenters. The number of aryl methyl sites for hydroxylation is 2. The SMILES string of the molecule is NCCCCCNS(=O)c1ccc(C2=c3cc4c5c(c3Oc3c2cc2c6c3CCCN6CCC2)CCC[N+]=5CCC4)c(S(=O)(=O)[O-])c1. The quantitative estimate of drug-likeness (QED) is 0.159. The van der Waals surface area contributed by atoms with Crippen LogP contribution >= 0.6 is 0 Å². The summed E-state index contributed by atoms with van der Waals surface area (Å²) in [5.74, 6) is 1.59. The Morgan fingerprint density at radius 1 is 0.894 bits per heavy atom. The highest BCUT2D eigenvalue weighted by atomic mass is 32.2. The molecule has 3 aromatic carbocycles. The molecule has 9 nitrogen and oxygen atoms in total. The molecule has 0 aromatic heterocycles. The average Bonchev–Trinajstić information content (AvgIpc) is 3.07. The fraction of sp³-hybridized carbons (Fsp3) is 0.472. The average molecular weight is 675 g/mol. The van der Waals surface area contributed by atoms with Crippen LogP contribution in [-0.4, -0.2) is 56.4 Å². The third kappa shape index (κ3) is 5.44. The molecule has 3 aromatic rings. The molecule has 0 aliphatic carbocycles. The number of hydrogen-bond donors (Lipinski definition) is 2. The predicted octanol–water partition coefficient (Wildman–Crippen LogP) is 2.77. The van der Waals surface area contributed by atoms with E-state index in [-0.39, 0.29) is 9.79 Å². The van der Waals surface area contributed by atoms with Gasteiger partial charge in [-0.25, -0.2) is 21.9 Å². The van der Waals surface area contributed by atoms with Crippen molar-refractivity contribution >= 4 is 32.4 Å². The van der Waals surface area contributed by atoms with Crippen LogP contribution in [0, 0.1) is 0 Å². The minimum atomic E-state index is -4.94. The number of unbranched alkanes of at least 4 members (excludes halogenated alkanes) is 2. The monoisotopic (exact) mass is 674 g/mol. The molecule has 0 saturated heterocycles. The van der Waals surface area contributed by atoms with Crippen LogP contribution < -0.4 is 35.2 Å². The first kappa shape index (κ1) is 31.2. The Morgan fingerprint density at radius 2 is 1.66 bits per heavy atom. The number of hydrogen-bond acceptors (Lipinski definition) is 7.